The number of carbonyl (C=O) groups excluding carboxylic acids is 2. The molecule has 1 unspecified atom stereocenters. The Hall–Kier alpha value is -3.02. The summed E-state index contributed by atoms with van der Waals surface area (Å²) in [6.07, 6.45) is 4.16. The molecule has 0 aromatic heterocycles. The maximum atomic E-state index is 13.7. The van der Waals surface area contributed by atoms with Crippen molar-refractivity contribution in [3.63, 3.8) is 0 Å². The number of anilines is 1. The van der Waals surface area contributed by atoms with E-state index in [-0.39, 0.29) is 24.5 Å². The summed E-state index contributed by atoms with van der Waals surface area (Å²) < 4.78 is 11.4. The lowest BCUT2D eigenvalue weighted by Crippen LogP contribution is -2.47. The average molecular weight is 423 g/mol. The summed E-state index contributed by atoms with van der Waals surface area (Å²) in [7, 11) is 1.56. The van der Waals surface area contributed by atoms with E-state index >= 15 is 0 Å². The summed E-state index contributed by atoms with van der Waals surface area (Å²) in [4.78, 5) is 28.7. The second-order valence-electron chi connectivity index (χ2n) is 8.57. The number of hydrogen-bond acceptors (Lipinski definition) is 4. The fraction of sp³-hybridized carbons (Fsp3) is 0.440. The van der Waals surface area contributed by atoms with E-state index < -0.39 is 6.04 Å². The smallest absolute Gasteiger partial charge is 0.265 e. The van der Waals surface area contributed by atoms with Crippen molar-refractivity contribution in [2.24, 2.45) is 0 Å². The van der Waals surface area contributed by atoms with Gasteiger partial charge in [0.05, 0.1) is 12.8 Å². The number of benzene rings is 2. The Labute approximate surface area is 183 Å². The van der Waals surface area contributed by atoms with Crippen LogP contribution in [0.3, 0.4) is 0 Å². The van der Waals surface area contributed by atoms with Gasteiger partial charge in [-0.15, -0.1) is 0 Å². The first kappa shape index (κ1) is 21.2. The summed E-state index contributed by atoms with van der Waals surface area (Å²) in [5, 5.41) is 3.20. The highest BCUT2D eigenvalue weighted by atomic mass is 16.5. The molecule has 0 saturated heterocycles. The van der Waals surface area contributed by atoms with Crippen molar-refractivity contribution < 1.29 is 19.1 Å². The zero-order valence-electron chi connectivity index (χ0n) is 18.7. The van der Waals surface area contributed by atoms with Crippen LogP contribution in [-0.2, 0) is 9.59 Å². The molecular weight excluding hydrogens is 392 g/mol. The van der Waals surface area contributed by atoms with Gasteiger partial charge in [-0.3, -0.25) is 14.5 Å². The van der Waals surface area contributed by atoms with Gasteiger partial charge < -0.3 is 14.8 Å². The lowest BCUT2D eigenvalue weighted by Gasteiger charge is -2.32. The topological polar surface area (TPSA) is 67.9 Å². The lowest BCUT2D eigenvalue weighted by atomic mass is 9.97. The van der Waals surface area contributed by atoms with Gasteiger partial charge in [-0.2, -0.15) is 0 Å². The molecule has 1 atom stereocenters. The number of nitrogens with one attached hydrogen (secondary N) is 1. The first-order valence-corrected chi connectivity index (χ1v) is 10.9. The van der Waals surface area contributed by atoms with Crippen LogP contribution in [0.5, 0.6) is 11.5 Å². The van der Waals surface area contributed by atoms with Gasteiger partial charge in [0.15, 0.2) is 18.1 Å². The third-order valence-electron chi connectivity index (χ3n) is 6.22. The predicted molar refractivity (Wildman–Crippen MR) is 120 cm³/mol. The number of para-hydroxylation sites is 1. The van der Waals surface area contributed by atoms with E-state index in [1.807, 2.05) is 45.0 Å². The number of amides is 2. The van der Waals surface area contributed by atoms with Gasteiger partial charge in [-0.1, -0.05) is 42.7 Å². The van der Waals surface area contributed by atoms with Gasteiger partial charge in [0, 0.05) is 11.6 Å². The first-order valence-electron chi connectivity index (χ1n) is 10.9. The van der Waals surface area contributed by atoms with Crippen molar-refractivity contribution in [3.8, 4) is 11.5 Å². The van der Waals surface area contributed by atoms with Crippen molar-refractivity contribution >= 4 is 17.5 Å². The van der Waals surface area contributed by atoms with E-state index in [1.54, 1.807) is 18.1 Å². The Morgan fingerprint density at radius 2 is 1.81 bits per heavy atom. The molecule has 2 aliphatic rings. The number of ether oxygens (including phenoxy) is 2. The summed E-state index contributed by atoms with van der Waals surface area (Å²) in [5.74, 6) is 0.539. The minimum absolute atomic E-state index is 0.142. The molecule has 1 heterocycles. The van der Waals surface area contributed by atoms with Crippen molar-refractivity contribution in [1.82, 2.24) is 5.32 Å². The molecule has 2 aromatic carbocycles. The average Bonchev–Trinajstić information content (AvgIpc) is 3.18. The molecule has 6 nitrogen and oxygen atoms in total. The normalized spacial score (nSPS) is 18.9. The first-order chi connectivity index (χ1) is 14.9. The SMILES string of the molecule is COc1cccc2c1OCC(=O)N(c1c(C)cc(C)cc1C)C2C(=O)NC1CCCC1. The Morgan fingerprint density at radius 3 is 2.45 bits per heavy atom. The molecule has 0 radical (unpaired) electrons. The summed E-state index contributed by atoms with van der Waals surface area (Å²) in [6.45, 7) is 5.83. The number of hydrogen-bond donors (Lipinski definition) is 1. The Balaban J connectivity index is 1.88. The Bertz CT molecular complexity index is 988. The third-order valence-corrected chi connectivity index (χ3v) is 6.22. The number of nitrogens with zero attached hydrogens (tertiary/aromatic N) is 1. The molecule has 2 amide bonds. The van der Waals surface area contributed by atoms with Crippen LogP contribution < -0.4 is 19.7 Å². The van der Waals surface area contributed by atoms with Gasteiger partial charge in [0.1, 0.15) is 6.04 Å². The maximum absolute atomic E-state index is 13.7. The molecule has 4 rings (SSSR count). The summed E-state index contributed by atoms with van der Waals surface area (Å²) in [5.41, 5.74) is 4.43. The zero-order valence-corrected chi connectivity index (χ0v) is 18.7. The van der Waals surface area contributed by atoms with Crippen LogP contribution in [0.25, 0.3) is 0 Å². The van der Waals surface area contributed by atoms with E-state index in [4.69, 9.17) is 9.47 Å². The summed E-state index contributed by atoms with van der Waals surface area (Å²) in [6, 6.07) is 8.86. The van der Waals surface area contributed by atoms with E-state index in [0.29, 0.717) is 17.1 Å². The van der Waals surface area contributed by atoms with Crippen molar-refractivity contribution in [3.05, 3.63) is 52.6 Å². The standard InChI is InChI=1S/C25H30N2O4/c1-15-12-16(2)22(17(3)13-15)27-21(28)14-31-24-19(10-7-11-20(24)30-4)23(27)25(29)26-18-8-5-6-9-18/h7,10-13,18,23H,5-6,8-9,14H2,1-4H3,(H,26,29). The fourth-order valence-corrected chi connectivity index (χ4v) is 4.96. The van der Waals surface area contributed by atoms with Gasteiger partial charge in [0.2, 0.25) is 5.91 Å². The number of methoxy groups -OCH3 is 1. The van der Waals surface area contributed by atoms with Crippen LogP contribution in [0.4, 0.5) is 5.69 Å². The van der Waals surface area contributed by atoms with Gasteiger partial charge in [-0.25, -0.2) is 0 Å². The van der Waals surface area contributed by atoms with Gasteiger partial charge in [-0.05, 0) is 50.8 Å². The number of aryl methyl sites for hydroxylation is 3. The molecule has 164 valence electrons. The Morgan fingerprint density at radius 1 is 1.13 bits per heavy atom. The maximum Gasteiger partial charge on any atom is 0.265 e. The molecule has 1 saturated carbocycles. The number of fused-ring (bicyclic) bond motifs is 1. The summed E-state index contributed by atoms with van der Waals surface area (Å²) >= 11 is 0. The number of carbonyl (C=O) groups is 2. The molecule has 6 heteroatoms. The Kier molecular flexibility index (Phi) is 5.90. The largest absolute Gasteiger partial charge is 0.493 e. The number of rotatable bonds is 4. The molecule has 0 spiro atoms. The van der Waals surface area contributed by atoms with Crippen LogP contribution in [0.15, 0.2) is 30.3 Å². The highest BCUT2D eigenvalue weighted by molar-refractivity contribution is 6.04. The van der Waals surface area contributed by atoms with Crippen molar-refractivity contribution in [1.29, 1.82) is 0 Å². The highest BCUT2D eigenvalue weighted by Crippen LogP contribution is 2.43. The van der Waals surface area contributed by atoms with Gasteiger partial charge in [0.25, 0.3) is 5.91 Å². The van der Waals surface area contributed by atoms with Crippen LogP contribution in [-0.4, -0.2) is 31.6 Å². The predicted octanol–water partition coefficient (Wildman–Crippen LogP) is 4.15. The van der Waals surface area contributed by atoms with E-state index in [0.717, 1.165) is 48.1 Å². The third kappa shape index (κ3) is 3.99. The molecular formula is C25H30N2O4. The quantitative estimate of drug-likeness (QED) is 0.804. The molecule has 1 aliphatic carbocycles. The molecule has 1 aliphatic heterocycles. The van der Waals surface area contributed by atoms with Crippen LogP contribution in [0.1, 0.15) is 54.0 Å². The monoisotopic (exact) mass is 422 g/mol. The lowest BCUT2D eigenvalue weighted by molar-refractivity contribution is -0.127. The van der Waals surface area contributed by atoms with Crippen LogP contribution in [0, 0.1) is 20.8 Å². The van der Waals surface area contributed by atoms with E-state index in [9.17, 15) is 9.59 Å². The van der Waals surface area contributed by atoms with Crippen molar-refractivity contribution in [2.45, 2.75) is 58.5 Å². The van der Waals surface area contributed by atoms with Crippen LogP contribution >= 0.6 is 0 Å². The van der Waals surface area contributed by atoms with Gasteiger partial charge >= 0.3 is 0 Å². The fourth-order valence-electron chi connectivity index (χ4n) is 4.96. The molecule has 2 aromatic rings. The molecule has 1 N–H and O–H groups in total. The zero-order chi connectivity index (χ0) is 22.1. The second-order valence-corrected chi connectivity index (χ2v) is 8.57. The minimum Gasteiger partial charge on any atom is -0.493 e. The molecule has 31 heavy (non-hydrogen) atoms. The van der Waals surface area contributed by atoms with E-state index in [2.05, 4.69) is 5.32 Å². The highest BCUT2D eigenvalue weighted by Gasteiger charge is 2.40. The molecule has 0 bridgehead atoms. The molecule has 1 fully saturated rings. The van der Waals surface area contributed by atoms with Crippen molar-refractivity contribution in [2.75, 3.05) is 18.6 Å². The second kappa shape index (κ2) is 8.61. The van der Waals surface area contributed by atoms with E-state index in [1.165, 1.54) is 0 Å². The van der Waals surface area contributed by atoms with Crippen LogP contribution in [0.2, 0.25) is 0 Å². The minimum atomic E-state index is -0.833.